The zero-order chi connectivity index (χ0) is 14.4. The standard InChI is InChI=1S/C10H16N6O2S/c1-5-8(11)10(13-12-5)15-19(17,18)9-6(2)14-16(4)7(9)3/h11H2,1-4H3,(H2,12,13,15). The van der Waals surface area contributed by atoms with E-state index in [0.29, 0.717) is 17.1 Å². The molecular weight excluding hydrogens is 268 g/mol. The fourth-order valence-electron chi connectivity index (χ4n) is 1.84. The van der Waals surface area contributed by atoms with Crippen molar-refractivity contribution in [3.05, 3.63) is 17.1 Å². The van der Waals surface area contributed by atoms with Crippen LogP contribution < -0.4 is 10.5 Å². The van der Waals surface area contributed by atoms with Gasteiger partial charge in [-0.3, -0.25) is 14.5 Å². The Balaban J connectivity index is 2.47. The maximum Gasteiger partial charge on any atom is 0.266 e. The summed E-state index contributed by atoms with van der Waals surface area (Å²) in [5.41, 5.74) is 7.60. The van der Waals surface area contributed by atoms with Gasteiger partial charge in [-0.1, -0.05) is 0 Å². The van der Waals surface area contributed by atoms with Crippen molar-refractivity contribution in [3.63, 3.8) is 0 Å². The molecule has 0 saturated heterocycles. The van der Waals surface area contributed by atoms with Crippen LogP contribution in [0.25, 0.3) is 0 Å². The van der Waals surface area contributed by atoms with Gasteiger partial charge in [-0.05, 0) is 20.8 Å². The predicted octanol–water partition coefficient (Wildman–Crippen LogP) is 0.451. The summed E-state index contributed by atoms with van der Waals surface area (Å²) in [6, 6.07) is 0. The van der Waals surface area contributed by atoms with Gasteiger partial charge in [-0.25, -0.2) is 8.42 Å². The van der Waals surface area contributed by atoms with Gasteiger partial charge in [0.25, 0.3) is 10.0 Å². The number of nitrogens with zero attached hydrogens (tertiary/aromatic N) is 3. The maximum absolute atomic E-state index is 12.3. The molecule has 0 aromatic carbocycles. The molecule has 0 saturated carbocycles. The van der Waals surface area contributed by atoms with Gasteiger partial charge < -0.3 is 5.73 Å². The molecule has 0 unspecified atom stereocenters. The second-order valence-corrected chi connectivity index (χ2v) is 5.96. The van der Waals surface area contributed by atoms with Crippen LogP contribution >= 0.6 is 0 Å². The van der Waals surface area contributed by atoms with E-state index >= 15 is 0 Å². The number of hydrogen-bond donors (Lipinski definition) is 3. The van der Waals surface area contributed by atoms with Gasteiger partial charge in [0.15, 0.2) is 5.82 Å². The Labute approximate surface area is 111 Å². The summed E-state index contributed by atoms with van der Waals surface area (Å²) in [4.78, 5) is 0.148. The molecule has 2 aromatic rings. The fourth-order valence-corrected chi connectivity index (χ4v) is 3.30. The smallest absolute Gasteiger partial charge is 0.266 e. The molecule has 0 bridgehead atoms. The minimum Gasteiger partial charge on any atom is -0.394 e. The molecule has 0 aliphatic heterocycles. The molecule has 19 heavy (non-hydrogen) atoms. The van der Waals surface area contributed by atoms with Crippen LogP contribution in [-0.2, 0) is 17.1 Å². The first-order valence-electron chi connectivity index (χ1n) is 5.57. The average molecular weight is 284 g/mol. The number of rotatable bonds is 3. The van der Waals surface area contributed by atoms with Crippen LogP contribution in [0.1, 0.15) is 17.1 Å². The van der Waals surface area contributed by atoms with Gasteiger partial charge >= 0.3 is 0 Å². The predicted molar refractivity (Wildman–Crippen MR) is 71.2 cm³/mol. The molecule has 4 N–H and O–H groups in total. The van der Waals surface area contributed by atoms with Crippen molar-refractivity contribution in [3.8, 4) is 0 Å². The van der Waals surface area contributed by atoms with Crippen molar-refractivity contribution in [1.82, 2.24) is 20.0 Å². The molecule has 2 aromatic heterocycles. The zero-order valence-corrected chi connectivity index (χ0v) is 12.0. The molecule has 2 rings (SSSR count). The van der Waals surface area contributed by atoms with E-state index in [-0.39, 0.29) is 16.4 Å². The Kier molecular flexibility index (Phi) is 3.01. The van der Waals surface area contributed by atoms with Gasteiger partial charge in [0.1, 0.15) is 4.90 Å². The highest BCUT2D eigenvalue weighted by Gasteiger charge is 2.25. The molecular formula is C10H16N6O2S. The van der Waals surface area contributed by atoms with E-state index in [1.807, 2.05) is 0 Å². The number of sulfonamides is 1. The number of hydrogen-bond acceptors (Lipinski definition) is 5. The van der Waals surface area contributed by atoms with Crippen molar-refractivity contribution in [2.45, 2.75) is 25.7 Å². The summed E-state index contributed by atoms with van der Waals surface area (Å²) in [6.45, 7) is 5.04. The molecule has 0 aliphatic rings. The van der Waals surface area contributed by atoms with Crippen LogP contribution in [0.5, 0.6) is 0 Å². The maximum atomic E-state index is 12.3. The van der Waals surface area contributed by atoms with Gasteiger partial charge in [0, 0.05) is 7.05 Å². The minimum atomic E-state index is -3.76. The molecule has 9 heteroatoms. The second-order valence-electron chi connectivity index (χ2n) is 4.34. The Morgan fingerprint density at radius 2 is 1.95 bits per heavy atom. The lowest BCUT2D eigenvalue weighted by Gasteiger charge is -2.06. The summed E-state index contributed by atoms with van der Waals surface area (Å²) in [6.07, 6.45) is 0. The number of anilines is 2. The SMILES string of the molecule is Cc1nn(C)c(C)c1S(=O)(=O)Nc1n[nH]c(C)c1N. The highest BCUT2D eigenvalue weighted by atomic mass is 32.2. The largest absolute Gasteiger partial charge is 0.394 e. The van der Waals surface area contributed by atoms with E-state index in [4.69, 9.17) is 5.73 Å². The number of H-pyrrole nitrogens is 1. The van der Waals surface area contributed by atoms with Crippen molar-refractivity contribution >= 4 is 21.5 Å². The molecule has 8 nitrogen and oxygen atoms in total. The third-order valence-electron chi connectivity index (χ3n) is 2.94. The van der Waals surface area contributed by atoms with Crippen LogP contribution in [0.4, 0.5) is 11.5 Å². The van der Waals surface area contributed by atoms with Crippen molar-refractivity contribution in [2.24, 2.45) is 7.05 Å². The molecule has 0 atom stereocenters. The van der Waals surface area contributed by atoms with Crippen molar-refractivity contribution in [2.75, 3.05) is 10.5 Å². The van der Waals surface area contributed by atoms with Gasteiger partial charge in [0.2, 0.25) is 0 Å². The summed E-state index contributed by atoms with van der Waals surface area (Å²) in [5, 5.41) is 10.5. The monoisotopic (exact) mass is 284 g/mol. The number of nitrogens with one attached hydrogen (secondary N) is 2. The van der Waals surface area contributed by atoms with Gasteiger partial charge in [-0.2, -0.15) is 10.2 Å². The fraction of sp³-hybridized carbons (Fsp3) is 0.400. The Hall–Kier alpha value is -2.03. The Morgan fingerprint density at radius 3 is 2.37 bits per heavy atom. The molecule has 2 heterocycles. The highest BCUT2D eigenvalue weighted by molar-refractivity contribution is 7.92. The zero-order valence-electron chi connectivity index (χ0n) is 11.1. The Morgan fingerprint density at radius 1 is 1.32 bits per heavy atom. The van der Waals surface area contributed by atoms with E-state index in [1.165, 1.54) is 4.68 Å². The highest BCUT2D eigenvalue weighted by Crippen LogP contribution is 2.25. The Bertz CT molecular complexity index is 728. The van der Waals surface area contributed by atoms with Crippen LogP contribution in [0.15, 0.2) is 4.90 Å². The average Bonchev–Trinajstić information content (AvgIpc) is 2.73. The molecule has 0 aliphatic carbocycles. The quantitative estimate of drug-likeness (QED) is 0.756. The first kappa shape index (κ1) is 13.4. The lowest BCUT2D eigenvalue weighted by Crippen LogP contribution is -2.16. The normalized spacial score (nSPS) is 11.8. The molecule has 0 spiro atoms. The molecule has 0 fully saturated rings. The van der Waals surface area contributed by atoms with E-state index in [2.05, 4.69) is 20.0 Å². The second kappa shape index (κ2) is 4.26. The van der Waals surface area contributed by atoms with E-state index < -0.39 is 10.0 Å². The number of nitrogen functional groups attached to an aromatic ring is 1. The summed E-state index contributed by atoms with van der Waals surface area (Å²) < 4.78 is 28.6. The first-order valence-corrected chi connectivity index (χ1v) is 7.06. The van der Waals surface area contributed by atoms with Crippen molar-refractivity contribution in [1.29, 1.82) is 0 Å². The van der Waals surface area contributed by atoms with Gasteiger partial charge in [-0.15, -0.1) is 0 Å². The van der Waals surface area contributed by atoms with Crippen molar-refractivity contribution < 1.29 is 8.42 Å². The van der Waals surface area contributed by atoms with Crippen LogP contribution in [0, 0.1) is 20.8 Å². The summed E-state index contributed by atoms with van der Waals surface area (Å²) in [5.74, 6) is 0.0974. The van der Waals surface area contributed by atoms with Crippen LogP contribution in [0.2, 0.25) is 0 Å². The number of aryl methyl sites for hydroxylation is 3. The molecule has 104 valence electrons. The number of aromatic amines is 1. The topological polar surface area (TPSA) is 119 Å². The minimum absolute atomic E-state index is 0.0974. The summed E-state index contributed by atoms with van der Waals surface area (Å²) in [7, 11) is -2.07. The third kappa shape index (κ3) is 2.16. The number of aromatic nitrogens is 4. The third-order valence-corrected chi connectivity index (χ3v) is 4.53. The molecule has 0 amide bonds. The first-order chi connectivity index (χ1) is 8.74. The van der Waals surface area contributed by atoms with Crippen LogP contribution in [-0.4, -0.2) is 28.4 Å². The van der Waals surface area contributed by atoms with E-state index in [9.17, 15) is 8.42 Å². The number of nitrogens with two attached hydrogens (primary N) is 1. The van der Waals surface area contributed by atoms with Crippen LogP contribution in [0.3, 0.4) is 0 Å². The molecule has 0 radical (unpaired) electrons. The lowest BCUT2D eigenvalue weighted by atomic mass is 10.4. The van der Waals surface area contributed by atoms with E-state index in [1.54, 1.807) is 27.8 Å². The van der Waals surface area contributed by atoms with Gasteiger partial charge in [0.05, 0.1) is 22.8 Å². The van der Waals surface area contributed by atoms with E-state index in [0.717, 1.165) is 0 Å². The summed E-state index contributed by atoms with van der Waals surface area (Å²) >= 11 is 0. The lowest BCUT2D eigenvalue weighted by molar-refractivity contribution is 0.599.